The minimum Gasteiger partial charge on any atom is -0.322 e. The van der Waals surface area contributed by atoms with Crippen molar-refractivity contribution in [2.24, 2.45) is 0 Å². The molecule has 5 nitrogen and oxygen atoms in total. The lowest BCUT2D eigenvalue weighted by molar-refractivity contribution is 0.102. The Hall–Kier alpha value is -2.73. The van der Waals surface area contributed by atoms with Gasteiger partial charge >= 0.3 is 0 Å². The normalized spacial score (nSPS) is 15.5. The summed E-state index contributed by atoms with van der Waals surface area (Å²) in [6, 6.07) is 8.40. The Morgan fingerprint density at radius 3 is 2.96 bits per heavy atom. The lowest BCUT2D eigenvalue weighted by Gasteiger charge is -2.19. The van der Waals surface area contributed by atoms with Crippen LogP contribution in [-0.2, 0) is 12.1 Å². The first-order chi connectivity index (χ1) is 11.4. The van der Waals surface area contributed by atoms with E-state index in [1.807, 2.05) is 18.2 Å². The maximum atomic E-state index is 13.7. The highest BCUT2D eigenvalue weighted by Gasteiger charge is 2.29. The molecule has 2 heterocycles. The van der Waals surface area contributed by atoms with Crippen LogP contribution in [0.2, 0.25) is 0 Å². The number of rotatable bonds is 2. The van der Waals surface area contributed by atoms with Gasteiger partial charge in [-0.3, -0.25) is 9.89 Å². The Bertz CT molecular complexity index is 961. The third-order valence-electron chi connectivity index (χ3n) is 4.53. The van der Waals surface area contributed by atoms with Gasteiger partial charge in [0, 0.05) is 23.2 Å². The lowest BCUT2D eigenvalue weighted by Crippen LogP contribution is -2.28. The van der Waals surface area contributed by atoms with Crippen molar-refractivity contribution < 1.29 is 9.18 Å². The Labute approximate surface area is 138 Å². The SMILES string of the molecule is CC1(C)NCc2cc(NC(=O)c3cc(F)cc4[nH]ncc34)ccc21. The summed E-state index contributed by atoms with van der Waals surface area (Å²) >= 11 is 0. The van der Waals surface area contributed by atoms with Crippen LogP contribution in [-0.4, -0.2) is 16.1 Å². The van der Waals surface area contributed by atoms with Crippen molar-refractivity contribution in [3.63, 3.8) is 0 Å². The van der Waals surface area contributed by atoms with Crippen molar-refractivity contribution in [1.82, 2.24) is 15.5 Å². The summed E-state index contributed by atoms with van der Waals surface area (Å²) in [5.74, 6) is -0.831. The molecule has 122 valence electrons. The first kappa shape index (κ1) is 14.8. The molecule has 0 fully saturated rings. The number of benzene rings is 2. The van der Waals surface area contributed by atoms with Crippen molar-refractivity contribution in [1.29, 1.82) is 0 Å². The Kier molecular flexibility index (Phi) is 3.18. The predicted molar refractivity (Wildman–Crippen MR) is 90.3 cm³/mol. The van der Waals surface area contributed by atoms with Crippen LogP contribution in [0.1, 0.15) is 35.3 Å². The summed E-state index contributed by atoms with van der Waals surface area (Å²) in [7, 11) is 0. The molecular formula is C18H17FN4O. The molecule has 1 aromatic heterocycles. The van der Waals surface area contributed by atoms with Crippen LogP contribution in [0.5, 0.6) is 0 Å². The summed E-state index contributed by atoms with van der Waals surface area (Å²) < 4.78 is 13.7. The van der Waals surface area contributed by atoms with Crippen LogP contribution >= 0.6 is 0 Å². The van der Waals surface area contributed by atoms with Gasteiger partial charge in [-0.2, -0.15) is 5.10 Å². The molecule has 0 radical (unpaired) electrons. The van der Waals surface area contributed by atoms with Crippen molar-refractivity contribution in [3.05, 3.63) is 59.0 Å². The minimum atomic E-state index is -0.475. The maximum absolute atomic E-state index is 13.7. The minimum absolute atomic E-state index is 0.0661. The molecule has 3 N–H and O–H groups in total. The largest absolute Gasteiger partial charge is 0.322 e. The highest BCUT2D eigenvalue weighted by atomic mass is 19.1. The number of nitrogens with one attached hydrogen (secondary N) is 3. The highest BCUT2D eigenvalue weighted by molar-refractivity contribution is 6.12. The van der Waals surface area contributed by atoms with E-state index < -0.39 is 5.82 Å². The number of fused-ring (bicyclic) bond motifs is 2. The van der Waals surface area contributed by atoms with Crippen molar-refractivity contribution in [3.8, 4) is 0 Å². The Balaban J connectivity index is 1.66. The van der Waals surface area contributed by atoms with Gasteiger partial charge in [0.1, 0.15) is 5.82 Å². The fourth-order valence-corrected chi connectivity index (χ4v) is 3.24. The van der Waals surface area contributed by atoms with Crippen molar-refractivity contribution >= 4 is 22.5 Å². The topological polar surface area (TPSA) is 69.8 Å². The number of carbonyl (C=O) groups excluding carboxylic acids is 1. The third-order valence-corrected chi connectivity index (χ3v) is 4.53. The number of H-pyrrole nitrogens is 1. The average Bonchev–Trinajstić information content (AvgIpc) is 3.11. The van der Waals surface area contributed by atoms with Crippen LogP contribution in [0, 0.1) is 5.82 Å². The number of hydrogen-bond acceptors (Lipinski definition) is 3. The van der Waals surface area contributed by atoms with Crippen LogP contribution in [0.15, 0.2) is 36.5 Å². The first-order valence-corrected chi connectivity index (χ1v) is 7.76. The number of nitrogens with zero attached hydrogens (tertiary/aromatic N) is 1. The molecule has 0 atom stereocenters. The summed E-state index contributed by atoms with van der Waals surface area (Å²) in [6.07, 6.45) is 1.53. The standard InChI is InChI=1S/C18H17FN4O/c1-18(2)15-4-3-12(5-10(15)8-20-18)22-17(24)13-6-11(19)7-16-14(13)9-21-23-16/h3-7,9,20H,8H2,1-2H3,(H,21,23)(H,22,24). The van der Waals surface area contributed by atoms with Gasteiger partial charge in [0.25, 0.3) is 5.91 Å². The highest BCUT2D eigenvalue weighted by Crippen LogP contribution is 2.32. The van der Waals surface area contributed by atoms with E-state index in [2.05, 4.69) is 34.7 Å². The Morgan fingerprint density at radius 1 is 1.29 bits per heavy atom. The molecule has 2 aromatic carbocycles. The fraction of sp³-hybridized carbons (Fsp3) is 0.222. The fourth-order valence-electron chi connectivity index (χ4n) is 3.24. The van der Waals surface area contributed by atoms with E-state index in [0.717, 1.165) is 12.1 Å². The smallest absolute Gasteiger partial charge is 0.256 e. The monoisotopic (exact) mass is 324 g/mol. The molecule has 3 aromatic rings. The zero-order valence-corrected chi connectivity index (χ0v) is 13.4. The number of halogens is 1. The van der Waals surface area contributed by atoms with E-state index in [1.54, 1.807) is 0 Å². The average molecular weight is 324 g/mol. The second-order valence-electron chi connectivity index (χ2n) is 6.59. The molecule has 0 aliphatic carbocycles. The molecule has 0 saturated carbocycles. The molecule has 1 aliphatic rings. The number of aromatic nitrogens is 2. The van der Waals surface area contributed by atoms with Crippen molar-refractivity contribution in [2.75, 3.05) is 5.32 Å². The van der Waals surface area contributed by atoms with Gasteiger partial charge in [0.05, 0.1) is 17.3 Å². The number of anilines is 1. The van der Waals surface area contributed by atoms with Crippen LogP contribution < -0.4 is 10.6 Å². The van der Waals surface area contributed by atoms with Crippen LogP contribution in [0.25, 0.3) is 10.9 Å². The number of carbonyl (C=O) groups is 1. The van der Waals surface area contributed by atoms with Crippen molar-refractivity contribution in [2.45, 2.75) is 25.9 Å². The first-order valence-electron chi connectivity index (χ1n) is 7.76. The molecule has 0 spiro atoms. The summed E-state index contributed by atoms with van der Waals surface area (Å²) in [6.45, 7) is 5.01. The number of amides is 1. The number of aromatic amines is 1. The molecule has 24 heavy (non-hydrogen) atoms. The summed E-state index contributed by atoms with van der Waals surface area (Å²) in [5, 5.41) is 13.4. The molecule has 1 aliphatic heterocycles. The summed E-state index contributed by atoms with van der Waals surface area (Å²) in [5.41, 5.74) is 3.77. The van der Waals surface area contributed by atoms with E-state index in [1.165, 1.54) is 23.9 Å². The predicted octanol–water partition coefficient (Wildman–Crippen LogP) is 3.29. The molecule has 0 saturated heterocycles. The molecule has 6 heteroatoms. The Morgan fingerprint density at radius 2 is 2.12 bits per heavy atom. The van der Waals surface area contributed by atoms with Gasteiger partial charge in [0.15, 0.2) is 0 Å². The van der Waals surface area contributed by atoms with Crippen LogP contribution in [0.4, 0.5) is 10.1 Å². The second kappa shape index (κ2) is 5.14. The van der Waals surface area contributed by atoms with Gasteiger partial charge in [-0.05, 0) is 49.2 Å². The summed E-state index contributed by atoms with van der Waals surface area (Å²) in [4.78, 5) is 12.6. The second-order valence-corrected chi connectivity index (χ2v) is 6.59. The van der Waals surface area contributed by atoms with Gasteiger partial charge < -0.3 is 10.6 Å². The lowest BCUT2D eigenvalue weighted by atomic mass is 9.94. The quantitative estimate of drug-likeness (QED) is 0.677. The van der Waals surface area contributed by atoms with Gasteiger partial charge in [-0.1, -0.05) is 6.07 Å². The zero-order chi connectivity index (χ0) is 16.9. The molecular weight excluding hydrogens is 307 g/mol. The molecule has 0 unspecified atom stereocenters. The van der Waals surface area contributed by atoms with E-state index >= 15 is 0 Å². The molecule has 0 bridgehead atoms. The molecule has 4 rings (SSSR count). The van der Waals surface area contributed by atoms with E-state index in [4.69, 9.17) is 0 Å². The maximum Gasteiger partial charge on any atom is 0.256 e. The number of hydrogen-bond donors (Lipinski definition) is 3. The van der Waals surface area contributed by atoms with E-state index in [9.17, 15) is 9.18 Å². The van der Waals surface area contributed by atoms with Gasteiger partial charge in [-0.25, -0.2) is 4.39 Å². The third kappa shape index (κ3) is 2.35. The van der Waals surface area contributed by atoms with E-state index in [0.29, 0.717) is 16.6 Å². The van der Waals surface area contributed by atoms with Gasteiger partial charge in [0.2, 0.25) is 0 Å². The zero-order valence-electron chi connectivity index (χ0n) is 13.4. The van der Waals surface area contributed by atoms with Crippen LogP contribution in [0.3, 0.4) is 0 Å². The van der Waals surface area contributed by atoms with Gasteiger partial charge in [-0.15, -0.1) is 0 Å². The molecule has 1 amide bonds. The van der Waals surface area contributed by atoms with E-state index in [-0.39, 0.29) is 17.0 Å².